The molecule has 3 N–H and O–H groups in total. The molecule has 0 aromatic carbocycles. The highest BCUT2D eigenvalue weighted by molar-refractivity contribution is 8.01. The van der Waals surface area contributed by atoms with Gasteiger partial charge in [0.05, 0.1) is 0 Å². The summed E-state index contributed by atoms with van der Waals surface area (Å²) in [5.74, 6) is -0.474. The molecule has 0 bridgehead atoms. The molecule has 1 aromatic heterocycles. The maximum atomic E-state index is 11.9. The zero-order valence-electron chi connectivity index (χ0n) is 12.1. The number of nitrogens with two attached hydrogens (primary N) is 1. The van der Waals surface area contributed by atoms with Gasteiger partial charge in [0.15, 0.2) is 5.16 Å². The first kappa shape index (κ1) is 16.1. The lowest BCUT2D eigenvalue weighted by atomic mass is 10.0. The second-order valence-corrected chi connectivity index (χ2v) is 7.08. The fourth-order valence-corrected chi connectivity index (χ4v) is 4.82. The van der Waals surface area contributed by atoms with Crippen molar-refractivity contribution >= 4 is 35.4 Å². The molecular weight excluding hydrogens is 338 g/mol. The van der Waals surface area contributed by atoms with Gasteiger partial charge in [-0.05, 0) is 5.57 Å². The number of carboxylic acids is 1. The van der Waals surface area contributed by atoms with Crippen LogP contribution in [0.3, 0.4) is 0 Å². The van der Waals surface area contributed by atoms with Crippen LogP contribution < -0.4 is 5.73 Å². The van der Waals surface area contributed by atoms with Crippen molar-refractivity contribution in [2.24, 2.45) is 5.73 Å². The molecule has 0 radical (unpaired) electrons. The minimum Gasteiger partial charge on any atom is -0.477 e. The van der Waals surface area contributed by atoms with E-state index < -0.39 is 12.0 Å². The van der Waals surface area contributed by atoms with Gasteiger partial charge in [-0.1, -0.05) is 17.8 Å². The SMILES string of the molecule is C=CCn1cnnc1SCC1=C(C(=O)O)N2C(=O)C(N)[C@H]2SC1. The van der Waals surface area contributed by atoms with Gasteiger partial charge in [0, 0.05) is 18.1 Å². The highest BCUT2D eigenvalue weighted by Crippen LogP contribution is 2.40. The Labute approximate surface area is 140 Å². The number of rotatable bonds is 6. The average Bonchev–Trinajstić information content (AvgIpc) is 2.98. The third-order valence-electron chi connectivity index (χ3n) is 3.57. The van der Waals surface area contributed by atoms with E-state index in [9.17, 15) is 14.7 Å². The minimum absolute atomic E-state index is 0.0581. The number of thioether (sulfide) groups is 2. The number of aromatic nitrogens is 3. The number of hydrogen-bond acceptors (Lipinski definition) is 7. The standard InChI is InChI=1S/C13H15N5O3S2/c1-2-3-17-6-15-16-13(17)23-5-7-4-22-11-8(14)10(19)18(11)9(7)12(20)21/h2,6,8,11H,1,3-5,14H2,(H,20,21)/t8?,11-/m1/s1. The number of allylic oxidation sites excluding steroid dienone is 1. The number of hydrogen-bond donors (Lipinski definition) is 2. The summed E-state index contributed by atoms with van der Waals surface area (Å²) in [6.45, 7) is 4.25. The number of aliphatic carboxylic acids is 1. The van der Waals surface area contributed by atoms with Crippen LogP contribution in [-0.2, 0) is 16.1 Å². The van der Waals surface area contributed by atoms with Crippen LogP contribution in [0.15, 0.2) is 35.4 Å². The summed E-state index contributed by atoms with van der Waals surface area (Å²) in [5.41, 5.74) is 6.47. The fraction of sp³-hybridized carbons (Fsp3) is 0.385. The van der Waals surface area contributed by atoms with E-state index in [0.717, 1.165) is 0 Å². The molecule has 2 aliphatic rings. The first-order valence-corrected chi connectivity index (χ1v) is 8.85. The van der Waals surface area contributed by atoms with Gasteiger partial charge in [0.25, 0.3) is 0 Å². The van der Waals surface area contributed by atoms with Crippen LogP contribution in [0.2, 0.25) is 0 Å². The highest BCUT2D eigenvalue weighted by Gasteiger charge is 2.51. The molecule has 1 unspecified atom stereocenters. The zero-order chi connectivity index (χ0) is 16.6. The molecule has 23 heavy (non-hydrogen) atoms. The summed E-state index contributed by atoms with van der Waals surface area (Å²) in [7, 11) is 0. The number of amides is 1. The van der Waals surface area contributed by atoms with Gasteiger partial charge < -0.3 is 15.4 Å². The van der Waals surface area contributed by atoms with E-state index in [2.05, 4.69) is 16.8 Å². The molecule has 2 aliphatic heterocycles. The molecule has 0 aliphatic carbocycles. The lowest BCUT2D eigenvalue weighted by Crippen LogP contribution is -2.68. The Balaban J connectivity index is 1.80. The number of β-lactam (4-membered cyclic amide) rings is 1. The second kappa shape index (κ2) is 6.38. The van der Waals surface area contributed by atoms with Gasteiger partial charge in [0.1, 0.15) is 23.4 Å². The molecule has 1 aromatic rings. The van der Waals surface area contributed by atoms with Gasteiger partial charge in [-0.3, -0.25) is 9.69 Å². The van der Waals surface area contributed by atoms with E-state index in [1.807, 2.05) is 4.57 Å². The minimum atomic E-state index is -1.10. The Morgan fingerprint density at radius 1 is 1.65 bits per heavy atom. The summed E-state index contributed by atoms with van der Waals surface area (Å²) in [6.07, 6.45) is 3.33. The Morgan fingerprint density at radius 2 is 2.43 bits per heavy atom. The van der Waals surface area contributed by atoms with Crippen molar-refractivity contribution in [3.63, 3.8) is 0 Å². The number of nitrogens with zero attached hydrogens (tertiary/aromatic N) is 4. The maximum absolute atomic E-state index is 11.9. The van der Waals surface area contributed by atoms with E-state index in [-0.39, 0.29) is 17.0 Å². The summed E-state index contributed by atoms with van der Waals surface area (Å²) in [4.78, 5) is 24.8. The molecule has 1 amide bonds. The summed E-state index contributed by atoms with van der Waals surface area (Å²) in [6, 6.07) is -0.612. The Bertz CT molecular complexity index is 702. The third-order valence-corrected chi connectivity index (χ3v) is 6.00. The molecule has 0 saturated carbocycles. The summed E-state index contributed by atoms with van der Waals surface area (Å²) in [5, 5.41) is 17.7. The average molecular weight is 353 g/mol. The van der Waals surface area contributed by atoms with Gasteiger partial charge in [-0.25, -0.2) is 4.79 Å². The van der Waals surface area contributed by atoms with Gasteiger partial charge in [0.2, 0.25) is 5.91 Å². The topological polar surface area (TPSA) is 114 Å². The smallest absolute Gasteiger partial charge is 0.352 e. The van der Waals surface area contributed by atoms with Crippen molar-refractivity contribution in [3.8, 4) is 0 Å². The van der Waals surface area contributed by atoms with Crippen molar-refractivity contribution in [2.75, 3.05) is 11.5 Å². The number of fused-ring (bicyclic) bond motifs is 1. The fourth-order valence-electron chi connectivity index (χ4n) is 2.46. The molecule has 3 heterocycles. The van der Waals surface area contributed by atoms with Crippen LogP contribution in [0.4, 0.5) is 0 Å². The monoisotopic (exact) mass is 353 g/mol. The molecule has 122 valence electrons. The molecule has 1 saturated heterocycles. The van der Waals surface area contributed by atoms with E-state index in [4.69, 9.17) is 5.73 Å². The molecule has 0 spiro atoms. The molecule has 10 heteroatoms. The van der Waals surface area contributed by atoms with Gasteiger partial charge >= 0.3 is 5.97 Å². The molecule has 2 atom stereocenters. The molecule has 1 fully saturated rings. The van der Waals surface area contributed by atoms with Crippen LogP contribution >= 0.6 is 23.5 Å². The lowest BCUT2D eigenvalue weighted by molar-refractivity contribution is -0.147. The van der Waals surface area contributed by atoms with Crippen LogP contribution in [0.1, 0.15) is 0 Å². The zero-order valence-corrected chi connectivity index (χ0v) is 13.7. The predicted octanol–water partition coefficient (Wildman–Crippen LogP) is 0.137. The largest absolute Gasteiger partial charge is 0.477 e. The van der Waals surface area contributed by atoms with Crippen LogP contribution in [-0.4, -0.2) is 59.6 Å². The Morgan fingerprint density at radius 3 is 3.13 bits per heavy atom. The summed E-state index contributed by atoms with van der Waals surface area (Å²) >= 11 is 2.88. The second-order valence-electron chi connectivity index (χ2n) is 5.04. The van der Waals surface area contributed by atoms with E-state index in [1.54, 1.807) is 12.4 Å². The van der Waals surface area contributed by atoms with Gasteiger partial charge in [-0.2, -0.15) is 0 Å². The lowest BCUT2D eigenvalue weighted by Gasteiger charge is -2.48. The normalized spacial score (nSPS) is 23.5. The first-order chi connectivity index (χ1) is 11.0. The van der Waals surface area contributed by atoms with E-state index in [1.165, 1.54) is 28.4 Å². The Hall–Kier alpha value is -1.78. The van der Waals surface area contributed by atoms with E-state index in [0.29, 0.717) is 28.8 Å². The van der Waals surface area contributed by atoms with Crippen molar-refractivity contribution in [3.05, 3.63) is 30.3 Å². The van der Waals surface area contributed by atoms with Crippen LogP contribution in [0.5, 0.6) is 0 Å². The number of carbonyl (C=O) groups is 2. The van der Waals surface area contributed by atoms with Crippen LogP contribution in [0.25, 0.3) is 0 Å². The summed E-state index contributed by atoms with van der Waals surface area (Å²) < 4.78 is 1.82. The van der Waals surface area contributed by atoms with Crippen molar-refractivity contribution in [1.82, 2.24) is 19.7 Å². The van der Waals surface area contributed by atoms with Crippen molar-refractivity contribution in [1.29, 1.82) is 0 Å². The number of carbonyl (C=O) groups excluding carboxylic acids is 1. The molecule has 8 nitrogen and oxygen atoms in total. The molecular formula is C13H15N5O3S2. The van der Waals surface area contributed by atoms with E-state index >= 15 is 0 Å². The van der Waals surface area contributed by atoms with Crippen molar-refractivity contribution in [2.45, 2.75) is 23.1 Å². The third kappa shape index (κ3) is 2.77. The Kier molecular flexibility index (Phi) is 4.46. The maximum Gasteiger partial charge on any atom is 0.352 e. The highest BCUT2D eigenvalue weighted by atomic mass is 32.2. The quantitative estimate of drug-likeness (QED) is 0.422. The molecule has 3 rings (SSSR count). The van der Waals surface area contributed by atoms with Gasteiger partial charge in [-0.15, -0.1) is 28.5 Å². The number of carboxylic acid groups (broad SMARTS) is 1. The van der Waals surface area contributed by atoms with Crippen LogP contribution in [0, 0.1) is 0 Å². The van der Waals surface area contributed by atoms with Crippen molar-refractivity contribution < 1.29 is 14.7 Å². The first-order valence-electron chi connectivity index (χ1n) is 6.81. The predicted molar refractivity (Wildman–Crippen MR) is 86.7 cm³/mol.